The molecule has 65 heavy (non-hydrogen) atoms. The number of rotatable bonds is 3. The highest BCUT2D eigenvalue weighted by molar-refractivity contribution is 6.24. The van der Waals surface area contributed by atoms with Crippen LogP contribution in [0.15, 0.2) is 199 Å². The van der Waals surface area contributed by atoms with Crippen LogP contribution in [0.5, 0.6) is 0 Å². The summed E-state index contributed by atoms with van der Waals surface area (Å²) in [6.07, 6.45) is 0. The van der Waals surface area contributed by atoms with Crippen molar-refractivity contribution in [1.29, 1.82) is 0 Å². The lowest BCUT2D eigenvalue weighted by Crippen LogP contribution is -2.15. The molecule has 0 amide bonds. The largest absolute Gasteiger partial charge is 0.456 e. The van der Waals surface area contributed by atoms with Gasteiger partial charge in [-0.3, -0.25) is 0 Å². The summed E-state index contributed by atoms with van der Waals surface area (Å²) in [6.45, 7) is 9.59. The molecule has 0 saturated heterocycles. The molecule has 0 atom stereocenters. The minimum absolute atomic E-state index is 0.162. The first-order valence-corrected chi connectivity index (χ1v) is 23.0. The summed E-state index contributed by atoms with van der Waals surface area (Å²) in [7, 11) is 0. The average molecular weight is 829 g/mol. The molecule has 0 fully saturated rings. The molecule has 1 nitrogen and oxygen atoms in total. The van der Waals surface area contributed by atoms with E-state index in [0.29, 0.717) is 0 Å². The summed E-state index contributed by atoms with van der Waals surface area (Å²) in [6, 6.07) is 72.7. The summed E-state index contributed by atoms with van der Waals surface area (Å²) < 4.78 is 6.41. The van der Waals surface area contributed by atoms with E-state index in [1.807, 2.05) is 0 Å². The molecular formula is C64H44O. The predicted molar refractivity (Wildman–Crippen MR) is 275 cm³/mol. The van der Waals surface area contributed by atoms with E-state index in [0.717, 1.165) is 11.2 Å². The van der Waals surface area contributed by atoms with Gasteiger partial charge in [-0.05, 0) is 151 Å². The van der Waals surface area contributed by atoms with E-state index >= 15 is 0 Å². The second-order valence-corrected chi connectivity index (χ2v) is 19.5. The first kappa shape index (κ1) is 36.7. The second-order valence-electron chi connectivity index (χ2n) is 19.5. The van der Waals surface area contributed by atoms with Gasteiger partial charge in [0, 0.05) is 21.6 Å². The van der Waals surface area contributed by atoms with Crippen LogP contribution in [0.25, 0.3) is 121 Å². The summed E-state index contributed by atoms with van der Waals surface area (Å²) in [5.41, 5.74) is 20.0. The Bertz CT molecular complexity index is 4000. The Kier molecular flexibility index (Phi) is 7.30. The van der Waals surface area contributed by atoms with Crippen LogP contribution in [0.3, 0.4) is 0 Å². The molecule has 2 aliphatic rings. The minimum atomic E-state index is -0.179. The van der Waals surface area contributed by atoms with Crippen molar-refractivity contribution in [3.05, 3.63) is 216 Å². The van der Waals surface area contributed by atoms with Crippen LogP contribution >= 0.6 is 0 Å². The van der Waals surface area contributed by atoms with Gasteiger partial charge in [0.1, 0.15) is 11.2 Å². The van der Waals surface area contributed by atoms with Crippen molar-refractivity contribution in [2.45, 2.75) is 38.5 Å². The van der Waals surface area contributed by atoms with Crippen molar-refractivity contribution in [3.63, 3.8) is 0 Å². The lowest BCUT2D eigenvalue weighted by Gasteiger charge is -2.24. The molecule has 0 bridgehead atoms. The second kappa shape index (κ2) is 12.9. The summed E-state index contributed by atoms with van der Waals surface area (Å²) >= 11 is 0. The van der Waals surface area contributed by atoms with Crippen LogP contribution in [-0.4, -0.2) is 0 Å². The molecule has 0 spiro atoms. The van der Waals surface area contributed by atoms with Gasteiger partial charge >= 0.3 is 0 Å². The van der Waals surface area contributed by atoms with E-state index in [-0.39, 0.29) is 10.8 Å². The number of para-hydroxylation sites is 1. The van der Waals surface area contributed by atoms with Gasteiger partial charge in [-0.2, -0.15) is 0 Å². The molecule has 14 rings (SSSR count). The Morgan fingerprint density at radius 2 is 0.862 bits per heavy atom. The highest BCUT2D eigenvalue weighted by atomic mass is 16.3. The van der Waals surface area contributed by atoms with Crippen LogP contribution in [0.4, 0.5) is 0 Å². The molecule has 1 heterocycles. The monoisotopic (exact) mass is 828 g/mol. The third kappa shape index (κ3) is 4.93. The quantitative estimate of drug-likeness (QED) is 0.162. The lowest BCUT2D eigenvalue weighted by atomic mass is 9.79. The Balaban J connectivity index is 0.908. The van der Waals surface area contributed by atoms with Crippen LogP contribution in [0, 0.1) is 0 Å². The third-order valence-electron chi connectivity index (χ3n) is 15.4. The van der Waals surface area contributed by atoms with Gasteiger partial charge in [-0.25, -0.2) is 0 Å². The zero-order chi connectivity index (χ0) is 43.3. The number of hydrogen-bond acceptors (Lipinski definition) is 1. The highest BCUT2D eigenvalue weighted by Crippen LogP contribution is 2.56. The zero-order valence-electron chi connectivity index (χ0n) is 36.9. The van der Waals surface area contributed by atoms with Crippen molar-refractivity contribution < 1.29 is 4.42 Å². The maximum atomic E-state index is 6.41. The van der Waals surface area contributed by atoms with Gasteiger partial charge < -0.3 is 4.42 Å². The molecule has 12 aromatic rings. The Labute approximate surface area is 378 Å². The van der Waals surface area contributed by atoms with Gasteiger partial charge in [0.2, 0.25) is 0 Å². The molecule has 306 valence electrons. The van der Waals surface area contributed by atoms with Crippen molar-refractivity contribution in [2.75, 3.05) is 0 Å². The normalized spacial score (nSPS) is 14.4. The van der Waals surface area contributed by atoms with E-state index < -0.39 is 0 Å². The molecule has 2 aliphatic carbocycles. The van der Waals surface area contributed by atoms with E-state index in [9.17, 15) is 0 Å². The smallest absolute Gasteiger partial charge is 0.136 e. The predicted octanol–water partition coefficient (Wildman–Crippen LogP) is 17.8. The Hall–Kier alpha value is -7.74. The van der Waals surface area contributed by atoms with Crippen LogP contribution < -0.4 is 0 Å². The summed E-state index contributed by atoms with van der Waals surface area (Å²) in [5.74, 6) is 0. The minimum Gasteiger partial charge on any atom is -0.456 e. The molecule has 11 aromatic carbocycles. The SMILES string of the molecule is CC1(C)c2ccc(-c3c4ccccc4c(-c4cccc5ccccc45)c4ccccc34)cc2-c2ccc(-c3ccc4c(c3)-c3ccc5ccc6oc7ccccc7c6c5c3C4(C)C)cc21. The molecule has 1 heteroatoms. The van der Waals surface area contributed by atoms with Gasteiger partial charge in [0.25, 0.3) is 0 Å². The zero-order valence-corrected chi connectivity index (χ0v) is 36.9. The topological polar surface area (TPSA) is 13.1 Å². The highest BCUT2D eigenvalue weighted by Gasteiger charge is 2.39. The van der Waals surface area contributed by atoms with Crippen molar-refractivity contribution in [3.8, 4) is 55.6 Å². The summed E-state index contributed by atoms with van der Waals surface area (Å²) in [4.78, 5) is 0. The van der Waals surface area contributed by atoms with Crippen LogP contribution in [-0.2, 0) is 10.8 Å². The van der Waals surface area contributed by atoms with Gasteiger partial charge in [0.05, 0.1) is 0 Å². The fourth-order valence-corrected chi connectivity index (χ4v) is 12.4. The third-order valence-corrected chi connectivity index (χ3v) is 15.4. The molecule has 0 saturated carbocycles. The van der Waals surface area contributed by atoms with Crippen LogP contribution in [0.2, 0.25) is 0 Å². The van der Waals surface area contributed by atoms with Crippen molar-refractivity contribution in [1.82, 2.24) is 0 Å². The fraction of sp³-hybridized carbons (Fsp3) is 0.0938. The Morgan fingerprint density at radius 3 is 1.63 bits per heavy atom. The maximum absolute atomic E-state index is 6.41. The fourth-order valence-electron chi connectivity index (χ4n) is 12.4. The molecule has 0 aliphatic heterocycles. The number of benzene rings is 11. The Morgan fingerprint density at radius 1 is 0.308 bits per heavy atom. The maximum Gasteiger partial charge on any atom is 0.136 e. The average Bonchev–Trinajstić information content (AvgIpc) is 3.92. The molecule has 0 radical (unpaired) electrons. The van der Waals surface area contributed by atoms with Crippen LogP contribution in [0.1, 0.15) is 49.9 Å². The van der Waals surface area contributed by atoms with E-state index in [2.05, 4.69) is 222 Å². The summed E-state index contributed by atoms with van der Waals surface area (Å²) in [5, 5.41) is 12.6. The molecular weight excluding hydrogens is 785 g/mol. The van der Waals surface area contributed by atoms with Gasteiger partial charge in [0.15, 0.2) is 0 Å². The van der Waals surface area contributed by atoms with Crippen molar-refractivity contribution >= 4 is 65.0 Å². The van der Waals surface area contributed by atoms with Crippen molar-refractivity contribution in [2.24, 2.45) is 0 Å². The molecule has 0 N–H and O–H groups in total. The molecule has 1 aromatic heterocycles. The van der Waals surface area contributed by atoms with E-state index in [1.165, 1.54) is 132 Å². The van der Waals surface area contributed by atoms with E-state index in [1.54, 1.807) is 0 Å². The van der Waals surface area contributed by atoms with Gasteiger partial charge in [-0.15, -0.1) is 0 Å². The van der Waals surface area contributed by atoms with E-state index in [4.69, 9.17) is 4.42 Å². The number of hydrogen-bond donors (Lipinski definition) is 0. The standard InChI is InChI=1S/C64H44O/c1-63(2)53-32-27-41(58-45-17-7-9-19-47(45)60(48-20-10-8-18-46(48)58)44-22-13-15-37-14-5-6-16-42(37)44)35-51(53)43-29-25-40(36-55(43)63)39-26-31-54-52(34-39)49-30-24-38-28-33-57-61(59(38)62(49)64(54,3)4)50-21-11-12-23-56(50)65-57/h5-36H,1-4H3. The van der Waals surface area contributed by atoms with Gasteiger partial charge in [-0.1, -0.05) is 191 Å². The number of furan rings is 1. The molecule has 0 unspecified atom stereocenters. The first-order chi connectivity index (χ1) is 31.8. The first-order valence-electron chi connectivity index (χ1n) is 23.0. The lowest BCUT2D eigenvalue weighted by molar-refractivity contribution is 0.660. The number of fused-ring (bicyclic) bond motifs is 15.